The van der Waals surface area contributed by atoms with Crippen LogP contribution in [0.25, 0.3) is 0 Å². The molecule has 0 bridgehead atoms. The average molecular weight is 433 g/mol. The summed E-state index contributed by atoms with van der Waals surface area (Å²) in [5, 5.41) is 0. The first-order chi connectivity index (χ1) is 15.1. The molecule has 2 atom stereocenters. The van der Waals surface area contributed by atoms with Gasteiger partial charge in [-0.05, 0) is 112 Å². The zero-order valence-electron chi connectivity index (χ0n) is 19.0. The standard InChI is InChI=1S/C27H38F2O2/c1-3-23-14-13-22(17-31-23)20-7-5-18(6-8-20)19-9-11-21(12-10-19)24-15-16-25(30-4-2)27(29)26(24)28/h3,15-16,18-23H,1,4-14,17H2,2H3. The number of ether oxygens (including phenoxy) is 2. The topological polar surface area (TPSA) is 18.5 Å². The maximum atomic E-state index is 14.6. The van der Waals surface area contributed by atoms with Crippen LogP contribution in [0.3, 0.4) is 0 Å². The highest BCUT2D eigenvalue weighted by Gasteiger charge is 2.35. The minimum absolute atomic E-state index is 0.0255. The molecule has 2 unspecified atom stereocenters. The molecular formula is C27H38F2O2. The fourth-order valence-electron chi connectivity index (χ4n) is 6.47. The molecule has 0 amide bonds. The van der Waals surface area contributed by atoms with Crippen molar-refractivity contribution < 1.29 is 18.3 Å². The number of hydrogen-bond acceptors (Lipinski definition) is 2. The summed E-state index contributed by atoms with van der Waals surface area (Å²) in [5.74, 6) is 1.73. The van der Waals surface area contributed by atoms with Crippen molar-refractivity contribution >= 4 is 0 Å². The second-order valence-electron chi connectivity index (χ2n) is 9.95. The lowest BCUT2D eigenvalue weighted by molar-refractivity contribution is -0.0189. The molecule has 1 aromatic rings. The molecule has 4 heteroatoms. The molecule has 3 fully saturated rings. The Balaban J connectivity index is 1.26. The van der Waals surface area contributed by atoms with Gasteiger partial charge in [0, 0.05) is 0 Å². The van der Waals surface area contributed by atoms with Crippen molar-refractivity contribution in [3.63, 3.8) is 0 Å². The zero-order chi connectivity index (χ0) is 21.8. The van der Waals surface area contributed by atoms with Gasteiger partial charge in [-0.3, -0.25) is 0 Å². The van der Waals surface area contributed by atoms with Gasteiger partial charge in [0.15, 0.2) is 11.6 Å². The van der Waals surface area contributed by atoms with E-state index >= 15 is 0 Å². The molecule has 31 heavy (non-hydrogen) atoms. The first-order valence-corrected chi connectivity index (χ1v) is 12.5. The van der Waals surface area contributed by atoms with Crippen LogP contribution in [0.5, 0.6) is 5.75 Å². The SMILES string of the molecule is C=CC1CCC(C2CCC(C3CCC(c4ccc(OCC)c(F)c4F)CC3)CC2)CO1. The maximum absolute atomic E-state index is 14.6. The Hall–Kier alpha value is -1.42. The van der Waals surface area contributed by atoms with Crippen molar-refractivity contribution in [2.75, 3.05) is 13.2 Å². The van der Waals surface area contributed by atoms with Crippen molar-refractivity contribution in [2.45, 2.75) is 83.2 Å². The third-order valence-electron chi connectivity index (χ3n) is 8.35. The van der Waals surface area contributed by atoms with Crippen LogP contribution in [-0.2, 0) is 4.74 Å². The quantitative estimate of drug-likeness (QED) is 0.435. The number of benzene rings is 1. The van der Waals surface area contributed by atoms with Crippen LogP contribution >= 0.6 is 0 Å². The predicted octanol–water partition coefficient (Wildman–Crippen LogP) is 7.42. The summed E-state index contributed by atoms with van der Waals surface area (Å²) >= 11 is 0. The minimum atomic E-state index is -0.828. The second kappa shape index (κ2) is 10.5. The van der Waals surface area contributed by atoms with Crippen molar-refractivity contribution in [1.29, 1.82) is 0 Å². The zero-order valence-corrected chi connectivity index (χ0v) is 19.0. The van der Waals surface area contributed by atoms with Gasteiger partial charge in [0.2, 0.25) is 5.82 Å². The van der Waals surface area contributed by atoms with E-state index in [4.69, 9.17) is 9.47 Å². The fourth-order valence-corrected chi connectivity index (χ4v) is 6.47. The minimum Gasteiger partial charge on any atom is -0.491 e. The molecule has 3 aliphatic rings. The van der Waals surface area contributed by atoms with Crippen LogP contribution in [0, 0.1) is 35.3 Å². The van der Waals surface area contributed by atoms with Gasteiger partial charge in [-0.25, -0.2) is 4.39 Å². The lowest BCUT2D eigenvalue weighted by Gasteiger charge is -2.41. The highest BCUT2D eigenvalue weighted by molar-refractivity contribution is 5.33. The second-order valence-corrected chi connectivity index (χ2v) is 9.95. The normalized spacial score (nSPS) is 34.3. The summed E-state index contributed by atoms with van der Waals surface area (Å²) in [6.07, 6.45) is 14.1. The first kappa shape index (κ1) is 22.8. The van der Waals surface area contributed by atoms with Gasteiger partial charge in [-0.1, -0.05) is 12.1 Å². The third-order valence-corrected chi connectivity index (χ3v) is 8.35. The van der Waals surface area contributed by atoms with Crippen molar-refractivity contribution in [2.24, 2.45) is 23.7 Å². The fraction of sp³-hybridized carbons (Fsp3) is 0.704. The largest absolute Gasteiger partial charge is 0.491 e. The molecule has 4 rings (SSSR count). The molecule has 0 radical (unpaired) electrons. The van der Waals surface area contributed by atoms with E-state index in [2.05, 4.69) is 6.58 Å². The highest BCUT2D eigenvalue weighted by atomic mass is 19.2. The lowest BCUT2D eigenvalue weighted by Crippen LogP contribution is -2.33. The summed E-state index contributed by atoms with van der Waals surface area (Å²) < 4.78 is 40.0. The van der Waals surface area contributed by atoms with Gasteiger partial charge >= 0.3 is 0 Å². The Morgan fingerprint density at radius 1 is 0.871 bits per heavy atom. The van der Waals surface area contributed by atoms with E-state index in [1.165, 1.54) is 32.1 Å². The Kier molecular flexibility index (Phi) is 7.68. The molecule has 2 nitrogen and oxygen atoms in total. The molecular weight excluding hydrogens is 394 g/mol. The maximum Gasteiger partial charge on any atom is 0.200 e. The predicted molar refractivity (Wildman–Crippen MR) is 120 cm³/mol. The van der Waals surface area contributed by atoms with Crippen molar-refractivity contribution in [3.8, 4) is 5.75 Å². The third kappa shape index (κ3) is 5.16. The molecule has 2 saturated carbocycles. The molecule has 0 N–H and O–H groups in total. The van der Waals surface area contributed by atoms with E-state index in [-0.39, 0.29) is 17.8 Å². The van der Waals surface area contributed by atoms with Gasteiger partial charge < -0.3 is 9.47 Å². The van der Waals surface area contributed by atoms with E-state index in [0.29, 0.717) is 12.2 Å². The summed E-state index contributed by atoms with van der Waals surface area (Å²) in [4.78, 5) is 0. The Morgan fingerprint density at radius 3 is 2.00 bits per heavy atom. The molecule has 1 aliphatic heterocycles. The van der Waals surface area contributed by atoms with Crippen LogP contribution in [-0.4, -0.2) is 19.3 Å². The van der Waals surface area contributed by atoms with E-state index in [1.54, 1.807) is 19.1 Å². The molecule has 172 valence electrons. The summed E-state index contributed by atoms with van der Waals surface area (Å²) in [5.41, 5.74) is 0.540. The highest BCUT2D eigenvalue weighted by Crippen LogP contribution is 2.46. The molecule has 0 aromatic heterocycles. The molecule has 2 aliphatic carbocycles. The van der Waals surface area contributed by atoms with Crippen molar-refractivity contribution in [3.05, 3.63) is 42.0 Å². The van der Waals surface area contributed by atoms with Crippen LogP contribution in [0.1, 0.15) is 82.6 Å². The molecule has 1 saturated heterocycles. The van der Waals surface area contributed by atoms with Gasteiger partial charge in [0.25, 0.3) is 0 Å². The van der Waals surface area contributed by atoms with E-state index in [9.17, 15) is 8.78 Å². The lowest BCUT2D eigenvalue weighted by atomic mass is 9.66. The first-order valence-electron chi connectivity index (χ1n) is 12.5. The van der Waals surface area contributed by atoms with E-state index in [0.717, 1.165) is 62.4 Å². The molecule has 1 aromatic carbocycles. The Labute approximate surface area is 186 Å². The summed E-state index contributed by atoms with van der Waals surface area (Å²) in [6, 6.07) is 3.33. The van der Waals surface area contributed by atoms with Crippen LogP contribution < -0.4 is 4.74 Å². The van der Waals surface area contributed by atoms with E-state index in [1.807, 2.05) is 6.08 Å². The monoisotopic (exact) mass is 432 g/mol. The van der Waals surface area contributed by atoms with Gasteiger partial charge in [-0.2, -0.15) is 4.39 Å². The van der Waals surface area contributed by atoms with Crippen molar-refractivity contribution in [1.82, 2.24) is 0 Å². The number of hydrogen-bond donors (Lipinski definition) is 0. The van der Waals surface area contributed by atoms with Crippen LogP contribution in [0.4, 0.5) is 8.78 Å². The van der Waals surface area contributed by atoms with Gasteiger partial charge in [0.05, 0.1) is 19.3 Å². The smallest absolute Gasteiger partial charge is 0.200 e. The molecule has 1 heterocycles. The summed E-state index contributed by atoms with van der Waals surface area (Å²) in [7, 11) is 0. The molecule has 0 spiro atoms. The Bertz CT molecular complexity index is 725. The average Bonchev–Trinajstić information content (AvgIpc) is 2.83. The van der Waals surface area contributed by atoms with Gasteiger partial charge in [-0.15, -0.1) is 6.58 Å². The number of halogens is 2. The summed E-state index contributed by atoms with van der Waals surface area (Å²) in [6.45, 7) is 6.88. The van der Waals surface area contributed by atoms with E-state index < -0.39 is 11.6 Å². The number of rotatable bonds is 6. The van der Waals surface area contributed by atoms with Crippen LogP contribution in [0.15, 0.2) is 24.8 Å². The Morgan fingerprint density at radius 2 is 1.45 bits per heavy atom. The van der Waals surface area contributed by atoms with Gasteiger partial charge in [0.1, 0.15) is 0 Å². The van der Waals surface area contributed by atoms with Crippen LogP contribution in [0.2, 0.25) is 0 Å².